The fourth-order valence-electron chi connectivity index (χ4n) is 15.9. The number of allylic oxidation sites excluding steroid dienone is 4. The van der Waals surface area contributed by atoms with Gasteiger partial charge in [-0.15, -0.1) is 11.8 Å². The van der Waals surface area contributed by atoms with Crippen LogP contribution in [0, 0.1) is 70.0 Å². The smallest absolute Gasteiger partial charge is 0.411 e. The molecule has 0 bridgehead atoms. The summed E-state index contributed by atoms with van der Waals surface area (Å²) >= 11 is 0. The molecule has 2 aromatic rings. The van der Waals surface area contributed by atoms with E-state index < -0.39 is 76.9 Å². The Morgan fingerprint density at radius 1 is 0.784 bits per heavy atom. The van der Waals surface area contributed by atoms with Crippen LogP contribution in [-0.4, -0.2) is 162 Å². The number of alkyl carbamates (subject to hydrolysis) is 1. The van der Waals surface area contributed by atoms with Crippen LogP contribution >= 0.6 is 0 Å². The van der Waals surface area contributed by atoms with Gasteiger partial charge < -0.3 is 74.7 Å². The second kappa shape index (κ2) is 35.0. The lowest BCUT2D eigenvalue weighted by Crippen LogP contribution is -2.63. The number of Topliss-reactive ketones (excluding diaryl/α,β-unsaturated/α-hetero) is 2. The third-order valence-corrected chi connectivity index (χ3v) is 20.8. The molecule has 2 aromatic carbocycles. The number of primary amides is 1. The summed E-state index contributed by atoms with van der Waals surface area (Å²) < 4.78 is 52.7. The average Bonchev–Trinajstić information content (AvgIpc) is 1.54. The second-order valence-electron chi connectivity index (χ2n) is 27.5. The molecule has 4 saturated carbocycles. The number of carbonyl (C=O) groups is 8. The summed E-state index contributed by atoms with van der Waals surface area (Å²) in [6, 6.07) is 11.6. The van der Waals surface area contributed by atoms with Gasteiger partial charge in [0.25, 0.3) is 0 Å². The van der Waals surface area contributed by atoms with Crippen LogP contribution in [0.5, 0.6) is 5.75 Å². The minimum atomic E-state index is -1.33. The Bertz CT molecular complexity index is 3170. The number of benzene rings is 2. The molecule has 24 nitrogen and oxygen atoms in total. The van der Waals surface area contributed by atoms with Gasteiger partial charge in [-0.2, -0.15) is 0 Å². The summed E-state index contributed by atoms with van der Waals surface area (Å²) in [5.41, 5.74) is 5.24. The first-order chi connectivity index (χ1) is 46.7. The van der Waals surface area contributed by atoms with Gasteiger partial charge in [-0.25, -0.2) is 14.4 Å². The predicted molar refractivity (Wildman–Crippen MR) is 357 cm³/mol. The van der Waals surface area contributed by atoms with Crippen LogP contribution in [0.1, 0.15) is 130 Å². The van der Waals surface area contributed by atoms with Crippen molar-refractivity contribution in [1.29, 1.82) is 0 Å². The van der Waals surface area contributed by atoms with Crippen molar-refractivity contribution in [2.45, 2.75) is 161 Å². The largest absolute Gasteiger partial charge is 0.486 e. The maximum absolute atomic E-state index is 14.8. The summed E-state index contributed by atoms with van der Waals surface area (Å²) in [5.74, 6) is 5.89. The molecule has 13 atom stereocenters. The van der Waals surface area contributed by atoms with E-state index in [4.69, 9.17) is 48.4 Å². The van der Waals surface area contributed by atoms with E-state index in [1.807, 2.05) is 13.0 Å². The molecule has 97 heavy (non-hydrogen) atoms. The number of amides is 6. The summed E-state index contributed by atoms with van der Waals surface area (Å²) in [7, 11) is 0. The Labute approximate surface area is 569 Å². The summed E-state index contributed by atoms with van der Waals surface area (Å²) in [5, 5.41) is 25.7. The third-order valence-electron chi connectivity index (χ3n) is 20.8. The number of nitrogens with two attached hydrogens (primary N) is 1. The first-order valence-electron chi connectivity index (χ1n) is 34.8. The fraction of sp³-hybridized carbons (Fsp3) is 0.644. The first kappa shape index (κ1) is 74.0. The number of fused-ring (bicyclic) bond motifs is 8. The van der Waals surface area contributed by atoms with E-state index >= 15 is 0 Å². The van der Waals surface area contributed by atoms with Crippen LogP contribution in [0.3, 0.4) is 0 Å². The van der Waals surface area contributed by atoms with Crippen molar-refractivity contribution in [2.75, 3.05) is 89.8 Å². The molecule has 0 radical (unpaired) electrons. The third kappa shape index (κ3) is 19.2. The maximum atomic E-state index is 14.8. The monoisotopic (exact) mass is 1350 g/mol. The van der Waals surface area contributed by atoms with Gasteiger partial charge in [0.05, 0.1) is 77.7 Å². The number of hydrogen-bond acceptors (Lipinski definition) is 18. The highest BCUT2D eigenvalue weighted by Crippen LogP contribution is 2.70. The topological polar surface area (TPSA) is 326 Å². The van der Waals surface area contributed by atoms with Gasteiger partial charge >= 0.3 is 18.2 Å². The Balaban J connectivity index is 0.648. The summed E-state index contributed by atoms with van der Waals surface area (Å²) in [4.78, 5) is 104. The van der Waals surface area contributed by atoms with E-state index in [0.29, 0.717) is 112 Å². The Kier molecular flexibility index (Phi) is 26.7. The lowest BCUT2D eigenvalue weighted by atomic mass is 9.46. The minimum Gasteiger partial charge on any atom is -0.486 e. The van der Waals surface area contributed by atoms with E-state index in [2.05, 4.69) is 52.3 Å². The van der Waals surface area contributed by atoms with Gasteiger partial charge in [0.2, 0.25) is 17.6 Å². The van der Waals surface area contributed by atoms with E-state index in [1.54, 1.807) is 74.5 Å². The zero-order valence-electron chi connectivity index (χ0n) is 56.8. The van der Waals surface area contributed by atoms with E-state index in [1.165, 1.54) is 0 Å². The number of carbonyl (C=O) groups excluding carboxylic acids is 8. The number of urea groups is 1. The number of anilines is 2. The van der Waals surface area contributed by atoms with Crippen molar-refractivity contribution in [1.82, 2.24) is 16.0 Å². The molecule has 5 fully saturated rings. The van der Waals surface area contributed by atoms with Gasteiger partial charge in [0, 0.05) is 72.8 Å². The first-order valence-corrected chi connectivity index (χ1v) is 34.8. The second-order valence-corrected chi connectivity index (χ2v) is 27.5. The molecule has 1 aliphatic heterocycles. The highest BCUT2D eigenvalue weighted by Gasteiger charge is 2.76. The average molecular weight is 1350 g/mol. The van der Waals surface area contributed by atoms with Crippen LogP contribution < -0.4 is 37.1 Å². The Morgan fingerprint density at radius 3 is 2.11 bits per heavy atom. The van der Waals surface area contributed by atoms with Crippen molar-refractivity contribution in [3.63, 3.8) is 0 Å². The number of ketones is 3. The van der Waals surface area contributed by atoms with Gasteiger partial charge in [-0.05, 0) is 147 Å². The van der Waals surface area contributed by atoms with Crippen LogP contribution in [0.15, 0.2) is 72.3 Å². The van der Waals surface area contributed by atoms with Crippen molar-refractivity contribution in [2.24, 2.45) is 63.9 Å². The predicted octanol–water partition coefficient (Wildman–Crippen LogP) is 8.28. The summed E-state index contributed by atoms with van der Waals surface area (Å²) in [6.45, 7) is 12.7. The molecular formula is C73H100N6O18. The van der Waals surface area contributed by atoms with Crippen LogP contribution in [0.4, 0.5) is 25.8 Å². The molecule has 7 aliphatic rings. The Morgan fingerprint density at radius 2 is 1.44 bits per heavy atom. The number of aliphatic hydroxyl groups is 1. The number of rotatable bonds is 37. The van der Waals surface area contributed by atoms with E-state index in [-0.39, 0.29) is 99.9 Å². The van der Waals surface area contributed by atoms with Gasteiger partial charge in [0.1, 0.15) is 19.0 Å². The van der Waals surface area contributed by atoms with Crippen LogP contribution in [-0.2, 0) is 68.5 Å². The zero-order chi connectivity index (χ0) is 69.1. The lowest BCUT2D eigenvalue weighted by molar-refractivity contribution is -0.200. The summed E-state index contributed by atoms with van der Waals surface area (Å²) in [6.07, 6.45) is 10.6. The van der Waals surface area contributed by atoms with Crippen molar-refractivity contribution in [3.8, 4) is 17.6 Å². The molecule has 6 amide bonds. The van der Waals surface area contributed by atoms with E-state index in [9.17, 15) is 43.5 Å². The van der Waals surface area contributed by atoms with Crippen molar-refractivity contribution < 1.29 is 86.1 Å². The molecule has 1 saturated heterocycles. The number of aliphatic hydroxyl groups excluding tert-OH is 1. The highest BCUT2D eigenvalue weighted by molar-refractivity contribution is 6.01. The fourth-order valence-corrected chi connectivity index (χ4v) is 15.9. The van der Waals surface area contributed by atoms with Gasteiger partial charge in [0.15, 0.2) is 23.5 Å². The van der Waals surface area contributed by atoms with Crippen molar-refractivity contribution >= 4 is 58.8 Å². The molecule has 8 N–H and O–H groups in total. The standard InChI is InChI=1S/C73H100N6O18/c1-6-12-64-96-62-41-58-56-25-18-49-40-52(80)26-28-71(49,4)65(56)60(82)42-72(58,5)73(62,97-64)61(83)45-93-53-23-21-51(22-24-53)78-70(88)94-43-47-16-19-50(20-17-47)77-67(85)48(13-11-29-75-68(74)86)39-59(81)66(46(2)3)79-63(84)27-31-89-33-35-91-37-38-92-36-34-90-32-30-76-69(87)95-44-57-54-14-9-7-8-10-15-55(54)57/h16-17,19-24,26,28,40,46,48,54-58,60,62,64-66,82H,6,9-15,18,25,27,29-39,41-45H2,1-5H3,(H,76,87)(H,77,85)(H,78,88)(H,79,84)(H3,74,75,86)/t48-,54?,55?,56+,57?,58+,60+,62-,64?,65-,66+,71+,72+,73-/m1/s1. The minimum absolute atomic E-state index is 0.00643. The van der Waals surface area contributed by atoms with Crippen LogP contribution in [0.2, 0.25) is 0 Å². The van der Waals surface area contributed by atoms with Crippen LogP contribution in [0.25, 0.3) is 0 Å². The maximum Gasteiger partial charge on any atom is 0.411 e. The van der Waals surface area contributed by atoms with E-state index in [0.717, 1.165) is 50.5 Å². The van der Waals surface area contributed by atoms with Gasteiger partial charge in [-0.1, -0.05) is 64.8 Å². The SMILES string of the molecule is CCCC1O[C@@H]2C[C@H]3[C@@H]4CCC5=CC(=O)C=C[C@]5(C)[C@H]4[C@@H](O)C[C@]3(C)[C@]2(C(=O)COc2ccc(NC(=O)OCc3ccc(NC(=O)[C@H](CCCNC(N)=O)CC(=O)[C@@H](NC(=O)CCOCCOCCOCCOCCNC(=O)OCC4C5CCC#CCCC54)C(C)C)cc3)cc2)O1. The zero-order valence-corrected chi connectivity index (χ0v) is 56.8. The Hall–Kier alpha value is -7.24. The molecule has 9 rings (SSSR count). The molecule has 24 heteroatoms. The van der Waals surface area contributed by atoms with Crippen molar-refractivity contribution in [3.05, 3.63) is 77.9 Å². The molecule has 3 unspecified atom stereocenters. The molecule has 1 heterocycles. The number of ether oxygens (including phenoxy) is 9. The van der Waals surface area contributed by atoms with Gasteiger partial charge in [-0.3, -0.25) is 29.3 Å². The molecule has 0 aromatic heterocycles. The molecule has 6 aliphatic carbocycles. The quantitative estimate of drug-likeness (QED) is 0.0247. The number of nitrogens with one attached hydrogen (secondary N) is 5. The number of hydrogen-bond donors (Lipinski definition) is 7. The highest BCUT2D eigenvalue weighted by atomic mass is 16.7. The molecule has 0 spiro atoms. The molecular weight excluding hydrogens is 1250 g/mol. The lowest BCUT2D eigenvalue weighted by Gasteiger charge is -2.59. The molecule has 530 valence electrons. The normalized spacial score (nSPS) is 27.8.